The molecule has 4 atom stereocenters. The molecule has 1 amide bonds. The van der Waals surface area contributed by atoms with E-state index in [1.807, 2.05) is 6.07 Å². The van der Waals surface area contributed by atoms with E-state index in [0.29, 0.717) is 28.7 Å². The monoisotopic (exact) mass is 500 g/mol. The summed E-state index contributed by atoms with van der Waals surface area (Å²) in [6.07, 6.45) is 4.13. The lowest BCUT2D eigenvalue weighted by molar-refractivity contribution is -0.129. The minimum atomic E-state index is -1.23. The molecule has 35 heavy (non-hydrogen) atoms. The molecule has 0 aliphatic heterocycles. The fraction of sp³-hybridized carbons (Fsp3) is 0.565. The van der Waals surface area contributed by atoms with Crippen molar-refractivity contribution in [1.29, 1.82) is 0 Å². The third kappa shape index (κ3) is 5.71. The summed E-state index contributed by atoms with van der Waals surface area (Å²) < 4.78 is 1.53. The number of hydrogen-bond acceptors (Lipinski definition) is 10. The van der Waals surface area contributed by atoms with Gasteiger partial charge in [-0.3, -0.25) is 9.78 Å². The van der Waals surface area contributed by atoms with Gasteiger partial charge in [0.25, 0.3) is 0 Å². The molecule has 0 aromatic carbocycles. The number of carbonyl (C=O) groups is 1. The Morgan fingerprint density at radius 3 is 2.83 bits per heavy atom. The van der Waals surface area contributed by atoms with Gasteiger partial charge in [-0.25, -0.2) is 14.6 Å². The van der Waals surface area contributed by atoms with E-state index in [1.54, 1.807) is 30.2 Å². The highest BCUT2D eigenvalue weighted by Gasteiger charge is 2.47. The van der Waals surface area contributed by atoms with Crippen LogP contribution in [0.1, 0.15) is 51.1 Å². The Labute approximate surface area is 208 Å². The molecule has 1 aliphatic carbocycles. The van der Waals surface area contributed by atoms with E-state index in [1.165, 1.54) is 4.68 Å². The molecule has 0 bridgehead atoms. The summed E-state index contributed by atoms with van der Waals surface area (Å²) >= 11 is 1.54. The maximum Gasteiger partial charge on any atom is 0.226 e. The summed E-state index contributed by atoms with van der Waals surface area (Å²) in [5.41, 5.74) is 1.84. The fourth-order valence-corrected chi connectivity index (χ4v) is 4.83. The predicted octanol–water partition coefficient (Wildman–Crippen LogP) is 1.93. The third-order valence-corrected chi connectivity index (χ3v) is 7.11. The number of pyridine rings is 1. The Morgan fingerprint density at radius 2 is 2.09 bits per heavy atom. The van der Waals surface area contributed by atoms with E-state index in [2.05, 4.69) is 49.7 Å². The Hall–Kier alpha value is -2.83. The van der Waals surface area contributed by atoms with Crippen molar-refractivity contribution in [2.45, 2.75) is 69.5 Å². The predicted molar refractivity (Wildman–Crippen MR) is 133 cm³/mol. The SMILES string of the molecule is CCCCNc1nc(SCCC)nc2c1nnn2C1CC(C(=O)NCc2cccnc2)C(O)C1O. The normalized spacial score (nSPS) is 21.9. The van der Waals surface area contributed by atoms with Crippen LogP contribution in [-0.4, -0.2) is 70.6 Å². The Balaban J connectivity index is 1.56. The lowest BCUT2D eigenvalue weighted by Crippen LogP contribution is -2.38. The molecule has 3 aromatic rings. The molecule has 188 valence electrons. The number of aliphatic hydroxyl groups is 2. The number of fused-ring (bicyclic) bond motifs is 1. The van der Waals surface area contributed by atoms with Crippen LogP contribution < -0.4 is 10.6 Å². The zero-order chi connectivity index (χ0) is 24.8. The number of amides is 1. The Kier molecular flexibility index (Phi) is 8.47. The molecule has 4 rings (SSSR count). The third-order valence-electron chi connectivity index (χ3n) is 6.05. The van der Waals surface area contributed by atoms with Gasteiger partial charge in [-0.2, -0.15) is 0 Å². The lowest BCUT2D eigenvalue weighted by atomic mass is 10.0. The maximum absolute atomic E-state index is 12.8. The van der Waals surface area contributed by atoms with Crippen molar-refractivity contribution in [1.82, 2.24) is 35.3 Å². The van der Waals surface area contributed by atoms with Crippen LogP contribution >= 0.6 is 11.8 Å². The number of hydrogen-bond donors (Lipinski definition) is 4. The van der Waals surface area contributed by atoms with Crippen molar-refractivity contribution in [2.75, 3.05) is 17.6 Å². The van der Waals surface area contributed by atoms with Gasteiger partial charge in [0.05, 0.1) is 18.1 Å². The van der Waals surface area contributed by atoms with E-state index in [4.69, 9.17) is 0 Å². The molecule has 12 heteroatoms. The van der Waals surface area contributed by atoms with Crippen molar-refractivity contribution in [3.05, 3.63) is 30.1 Å². The molecule has 1 aliphatic rings. The van der Waals surface area contributed by atoms with E-state index < -0.39 is 24.2 Å². The van der Waals surface area contributed by atoms with Crippen LogP contribution in [0.25, 0.3) is 11.2 Å². The molecule has 0 radical (unpaired) electrons. The first-order valence-electron chi connectivity index (χ1n) is 12.1. The minimum absolute atomic E-state index is 0.208. The summed E-state index contributed by atoms with van der Waals surface area (Å²) in [6.45, 7) is 5.25. The molecule has 3 aromatic heterocycles. The highest BCUT2D eigenvalue weighted by atomic mass is 32.2. The highest BCUT2D eigenvalue weighted by molar-refractivity contribution is 7.99. The molecule has 4 N–H and O–H groups in total. The minimum Gasteiger partial charge on any atom is -0.390 e. The van der Waals surface area contributed by atoms with Crippen molar-refractivity contribution in [3.63, 3.8) is 0 Å². The number of aliphatic hydroxyl groups excluding tert-OH is 2. The lowest BCUT2D eigenvalue weighted by Gasteiger charge is -2.17. The Morgan fingerprint density at radius 1 is 1.23 bits per heavy atom. The maximum atomic E-state index is 12.8. The number of aromatic nitrogens is 6. The summed E-state index contributed by atoms with van der Waals surface area (Å²) in [5.74, 6) is 0.352. The highest BCUT2D eigenvalue weighted by Crippen LogP contribution is 2.37. The molecule has 11 nitrogen and oxygen atoms in total. The van der Waals surface area contributed by atoms with Gasteiger partial charge >= 0.3 is 0 Å². The summed E-state index contributed by atoms with van der Waals surface area (Å²) in [4.78, 5) is 26.2. The molecule has 0 saturated heterocycles. The van der Waals surface area contributed by atoms with Gasteiger partial charge in [0.15, 0.2) is 22.1 Å². The molecule has 3 heterocycles. The molecule has 4 unspecified atom stereocenters. The van der Waals surface area contributed by atoms with Gasteiger partial charge in [0.2, 0.25) is 5.91 Å². The van der Waals surface area contributed by atoms with Gasteiger partial charge in [0, 0.05) is 31.2 Å². The second-order valence-electron chi connectivity index (χ2n) is 8.66. The number of thioether (sulfide) groups is 1. The van der Waals surface area contributed by atoms with Gasteiger partial charge in [0.1, 0.15) is 6.10 Å². The van der Waals surface area contributed by atoms with Crippen molar-refractivity contribution < 1.29 is 15.0 Å². The first-order chi connectivity index (χ1) is 17.0. The van der Waals surface area contributed by atoms with Gasteiger partial charge in [-0.1, -0.05) is 43.3 Å². The van der Waals surface area contributed by atoms with Crippen LogP contribution in [0.15, 0.2) is 29.7 Å². The Bertz CT molecular complexity index is 1130. The standard InChI is InChI=1S/C23H32N8O3S/c1-3-5-9-25-20-17-21(28-23(27-20)35-10-4-2)31(30-29-17)16-11-15(18(32)19(16)33)22(34)26-13-14-7-6-8-24-12-14/h6-8,12,15-16,18-19,32-33H,3-5,9-11,13H2,1-2H3,(H,26,34)(H,25,27,28). The van der Waals surface area contributed by atoms with Crippen LogP contribution in [-0.2, 0) is 11.3 Å². The van der Waals surface area contributed by atoms with Crippen LogP contribution in [0.3, 0.4) is 0 Å². The summed E-state index contributed by atoms with van der Waals surface area (Å²) in [7, 11) is 0. The van der Waals surface area contributed by atoms with Gasteiger partial charge in [-0.05, 0) is 30.9 Å². The van der Waals surface area contributed by atoms with E-state index in [9.17, 15) is 15.0 Å². The zero-order valence-corrected chi connectivity index (χ0v) is 20.8. The molecular formula is C23H32N8O3S. The first-order valence-corrected chi connectivity index (χ1v) is 13.0. The van der Waals surface area contributed by atoms with Crippen LogP contribution in [0.4, 0.5) is 5.82 Å². The van der Waals surface area contributed by atoms with Crippen molar-refractivity contribution in [2.24, 2.45) is 5.92 Å². The van der Waals surface area contributed by atoms with E-state index in [0.717, 1.165) is 37.1 Å². The molecular weight excluding hydrogens is 468 g/mol. The first kappa shape index (κ1) is 25.3. The average molecular weight is 501 g/mol. The number of carbonyl (C=O) groups excluding carboxylic acids is 1. The molecule has 1 saturated carbocycles. The number of rotatable bonds is 11. The second-order valence-corrected chi connectivity index (χ2v) is 9.72. The van der Waals surface area contributed by atoms with Gasteiger partial charge in [-0.15, -0.1) is 5.10 Å². The molecule has 0 spiro atoms. The topological polar surface area (TPSA) is 151 Å². The quantitative estimate of drug-likeness (QED) is 0.175. The van der Waals surface area contributed by atoms with E-state index in [-0.39, 0.29) is 12.3 Å². The number of unbranched alkanes of at least 4 members (excludes halogenated alkanes) is 1. The number of nitrogens with one attached hydrogen (secondary N) is 2. The smallest absolute Gasteiger partial charge is 0.226 e. The number of anilines is 1. The van der Waals surface area contributed by atoms with Crippen LogP contribution in [0.5, 0.6) is 0 Å². The summed E-state index contributed by atoms with van der Waals surface area (Å²) in [5, 5.41) is 36.9. The number of nitrogens with zero attached hydrogens (tertiary/aromatic N) is 6. The van der Waals surface area contributed by atoms with Gasteiger partial charge < -0.3 is 20.8 Å². The van der Waals surface area contributed by atoms with Crippen molar-refractivity contribution in [3.8, 4) is 0 Å². The molecule has 1 fully saturated rings. The van der Waals surface area contributed by atoms with Crippen molar-refractivity contribution >= 4 is 34.7 Å². The van der Waals surface area contributed by atoms with E-state index >= 15 is 0 Å². The largest absolute Gasteiger partial charge is 0.390 e. The van der Waals surface area contributed by atoms with Crippen LogP contribution in [0.2, 0.25) is 0 Å². The average Bonchev–Trinajstić information content (AvgIpc) is 3.42. The van der Waals surface area contributed by atoms with Crippen LogP contribution in [0, 0.1) is 5.92 Å². The zero-order valence-electron chi connectivity index (χ0n) is 20.0. The fourth-order valence-electron chi connectivity index (χ4n) is 4.13. The summed E-state index contributed by atoms with van der Waals surface area (Å²) in [6, 6.07) is 3.01. The second kappa shape index (κ2) is 11.7.